The average molecular weight is 312 g/mol. The number of carbonyl (C=O) groups excluding carboxylic acids is 3. The largest absolute Gasteiger partial charge is 0.507 e. The van der Waals surface area contributed by atoms with Gasteiger partial charge in [-0.05, 0) is 29.8 Å². The Hall–Kier alpha value is -2.95. The minimum Gasteiger partial charge on any atom is -0.507 e. The van der Waals surface area contributed by atoms with Crippen molar-refractivity contribution in [3.8, 4) is 11.5 Å². The lowest BCUT2D eigenvalue weighted by Crippen LogP contribution is -2.05. The second kappa shape index (κ2) is 7.35. The molecule has 0 atom stereocenters. The predicted octanol–water partition coefficient (Wildman–Crippen LogP) is 2.42. The Bertz CT molecular complexity index is 749. The van der Waals surface area contributed by atoms with Crippen molar-refractivity contribution >= 4 is 17.9 Å². The van der Waals surface area contributed by atoms with Crippen molar-refractivity contribution in [2.75, 3.05) is 0 Å². The van der Waals surface area contributed by atoms with Crippen LogP contribution in [0.3, 0.4) is 0 Å². The molecule has 0 aliphatic rings. The van der Waals surface area contributed by atoms with Crippen molar-refractivity contribution in [2.24, 2.45) is 0 Å². The summed E-state index contributed by atoms with van der Waals surface area (Å²) in [6.45, 7) is 0. The summed E-state index contributed by atoms with van der Waals surface area (Å²) >= 11 is 0. The van der Waals surface area contributed by atoms with Crippen molar-refractivity contribution in [3.63, 3.8) is 0 Å². The predicted molar refractivity (Wildman–Crippen MR) is 83.7 cm³/mol. The molecule has 0 aliphatic carbocycles. The van der Waals surface area contributed by atoms with Crippen LogP contribution in [0.1, 0.15) is 34.3 Å². The fraction of sp³-hybridized carbons (Fsp3) is 0.167. The Morgan fingerprint density at radius 3 is 2.30 bits per heavy atom. The maximum atomic E-state index is 12.3. The molecule has 0 unspecified atom stereocenters. The first-order valence-electron chi connectivity index (χ1n) is 7.13. The molecule has 0 radical (unpaired) electrons. The van der Waals surface area contributed by atoms with Gasteiger partial charge in [-0.15, -0.1) is 0 Å². The van der Waals surface area contributed by atoms with Gasteiger partial charge in [0.25, 0.3) is 0 Å². The molecule has 23 heavy (non-hydrogen) atoms. The molecule has 2 aromatic rings. The summed E-state index contributed by atoms with van der Waals surface area (Å²) in [6.07, 6.45) is 1.10. The first-order chi connectivity index (χ1) is 11.0. The molecule has 0 aliphatic heterocycles. The third kappa shape index (κ3) is 4.03. The highest BCUT2D eigenvalue weighted by Gasteiger charge is 2.17. The fourth-order valence-electron chi connectivity index (χ4n) is 2.23. The molecule has 0 bridgehead atoms. The molecule has 2 N–H and O–H groups in total. The Labute approximate surface area is 133 Å². The van der Waals surface area contributed by atoms with Gasteiger partial charge in [-0.2, -0.15) is 0 Å². The first kappa shape index (κ1) is 16.4. The van der Waals surface area contributed by atoms with Gasteiger partial charge >= 0.3 is 0 Å². The molecule has 2 rings (SSSR count). The van der Waals surface area contributed by atoms with E-state index in [-0.39, 0.29) is 47.7 Å². The third-order valence-corrected chi connectivity index (χ3v) is 3.40. The van der Waals surface area contributed by atoms with Crippen molar-refractivity contribution in [3.05, 3.63) is 59.2 Å². The van der Waals surface area contributed by atoms with E-state index in [1.807, 2.05) is 0 Å². The molecule has 0 aromatic heterocycles. The number of hydrogen-bond acceptors (Lipinski definition) is 5. The van der Waals surface area contributed by atoms with Crippen LogP contribution in [0, 0.1) is 0 Å². The smallest absolute Gasteiger partial charge is 0.200 e. The lowest BCUT2D eigenvalue weighted by atomic mass is 9.98. The molecule has 2 aromatic carbocycles. The van der Waals surface area contributed by atoms with Gasteiger partial charge in [0.15, 0.2) is 5.78 Å². The van der Waals surface area contributed by atoms with Crippen molar-refractivity contribution in [2.45, 2.75) is 19.3 Å². The number of phenolic OH excluding ortho intramolecular Hbond substituents is 2. The van der Waals surface area contributed by atoms with Crippen LogP contribution in [0.4, 0.5) is 0 Å². The molecule has 0 amide bonds. The summed E-state index contributed by atoms with van der Waals surface area (Å²) in [7, 11) is 0. The van der Waals surface area contributed by atoms with Crippen LogP contribution in [-0.4, -0.2) is 28.1 Å². The number of rotatable bonds is 7. The minimum absolute atomic E-state index is 0.0515. The fourth-order valence-corrected chi connectivity index (χ4v) is 2.23. The first-order valence-corrected chi connectivity index (χ1v) is 7.13. The lowest BCUT2D eigenvalue weighted by molar-refractivity contribution is -0.120. The molecule has 5 heteroatoms. The van der Waals surface area contributed by atoms with Crippen molar-refractivity contribution < 1.29 is 24.6 Å². The van der Waals surface area contributed by atoms with Crippen LogP contribution in [0.5, 0.6) is 11.5 Å². The summed E-state index contributed by atoms with van der Waals surface area (Å²) in [5, 5.41) is 19.7. The summed E-state index contributed by atoms with van der Waals surface area (Å²) in [4.78, 5) is 34.2. The molecule has 5 nitrogen and oxygen atoms in total. The van der Waals surface area contributed by atoms with E-state index < -0.39 is 5.78 Å². The van der Waals surface area contributed by atoms with Gasteiger partial charge in [-0.1, -0.05) is 18.2 Å². The molecule has 0 fully saturated rings. The monoisotopic (exact) mass is 312 g/mol. The maximum Gasteiger partial charge on any atom is 0.200 e. The number of Topliss-reactive ketones (excluding diaryl/α,β-unsaturated/α-hetero) is 1. The van der Waals surface area contributed by atoms with Crippen LogP contribution < -0.4 is 0 Å². The Kier molecular flexibility index (Phi) is 5.25. The highest BCUT2D eigenvalue weighted by Crippen LogP contribution is 2.26. The van der Waals surface area contributed by atoms with E-state index in [4.69, 9.17) is 0 Å². The lowest BCUT2D eigenvalue weighted by Gasteiger charge is -2.08. The highest BCUT2D eigenvalue weighted by atomic mass is 16.3. The van der Waals surface area contributed by atoms with Crippen molar-refractivity contribution in [1.82, 2.24) is 0 Å². The van der Waals surface area contributed by atoms with Crippen LogP contribution in [0.2, 0.25) is 0 Å². The summed E-state index contributed by atoms with van der Waals surface area (Å²) < 4.78 is 0. The molecule has 0 saturated heterocycles. The zero-order valence-corrected chi connectivity index (χ0v) is 12.4. The van der Waals surface area contributed by atoms with E-state index in [1.54, 1.807) is 18.2 Å². The van der Waals surface area contributed by atoms with Gasteiger partial charge in [0.1, 0.15) is 23.6 Å². The number of phenols is 2. The van der Waals surface area contributed by atoms with Crippen LogP contribution in [0.15, 0.2) is 42.5 Å². The van der Waals surface area contributed by atoms with Gasteiger partial charge < -0.3 is 15.0 Å². The Morgan fingerprint density at radius 1 is 0.957 bits per heavy atom. The van der Waals surface area contributed by atoms with E-state index in [0.29, 0.717) is 11.8 Å². The number of aldehydes is 1. The van der Waals surface area contributed by atoms with E-state index in [9.17, 15) is 24.6 Å². The second-order valence-electron chi connectivity index (χ2n) is 5.12. The van der Waals surface area contributed by atoms with Crippen LogP contribution in [0.25, 0.3) is 0 Å². The Balaban J connectivity index is 2.19. The van der Waals surface area contributed by atoms with Gasteiger partial charge in [-0.3, -0.25) is 9.59 Å². The van der Waals surface area contributed by atoms with E-state index >= 15 is 0 Å². The third-order valence-electron chi connectivity index (χ3n) is 3.40. The number of ketones is 2. The highest BCUT2D eigenvalue weighted by molar-refractivity contribution is 6.12. The van der Waals surface area contributed by atoms with Crippen LogP contribution >= 0.6 is 0 Å². The number of aromatic hydroxyl groups is 2. The number of carbonyl (C=O) groups is 3. The normalized spacial score (nSPS) is 10.3. The van der Waals surface area contributed by atoms with E-state index in [0.717, 1.165) is 0 Å². The number of hydrogen-bond donors (Lipinski definition) is 2. The SMILES string of the molecule is O=CCCC(=O)Cc1ccc(C(=O)c2ccccc2O)c(O)c1. The van der Waals surface area contributed by atoms with E-state index in [2.05, 4.69) is 0 Å². The second-order valence-corrected chi connectivity index (χ2v) is 5.12. The quantitative estimate of drug-likeness (QED) is 0.605. The van der Waals surface area contributed by atoms with Gasteiger partial charge in [0.2, 0.25) is 0 Å². The molecular formula is C18H16O5. The number of para-hydroxylation sites is 1. The average Bonchev–Trinajstić information content (AvgIpc) is 2.53. The molecule has 0 saturated carbocycles. The number of benzene rings is 2. The minimum atomic E-state index is -0.501. The molecule has 0 heterocycles. The molecule has 0 spiro atoms. The standard InChI is InChI=1S/C18H16O5/c19-9-3-4-13(20)10-12-7-8-15(17(22)11-12)18(23)14-5-1-2-6-16(14)21/h1-2,5-9,11,21-22H,3-4,10H2. The summed E-state index contributed by atoms with van der Waals surface area (Å²) in [6, 6.07) is 10.4. The molecular weight excluding hydrogens is 296 g/mol. The van der Waals surface area contributed by atoms with Crippen LogP contribution in [-0.2, 0) is 16.0 Å². The van der Waals surface area contributed by atoms with Gasteiger partial charge in [-0.25, -0.2) is 0 Å². The van der Waals surface area contributed by atoms with E-state index in [1.165, 1.54) is 24.3 Å². The topological polar surface area (TPSA) is 91.7 Å². The zero-order valence-electron chi connectivity index (χ0n) is 12.4. The van der Waals surface area contributed by atoms with Gasteiger partial charge in [0, 0.05) is 19.3 Å². The van der Waals surface area contributed by atoms with Gasteiger partial charge in [0.05, 0.1) is 11.1 Å². The summed E-state index contributed by atoms with van der Waals surface area (Å²) in [5.74, 6) is -1.03. The maximum absolute atomic E-state index is 12.3. The Morgan fingerprint density at radius 2 is 1.65 bits per heavy atom. The molecule has 118 valence electrons. The zero-order chi connectivity index (χ0) is 16.8. The summed E-state index contributed by atoms with van der Waals surface area (Å²) in [5.41, 5.74) is 0.709. The van der Waals surface area contributed by atoms with Crippen molar-refractivity contribution in [1.29, 1.82) is 0 Å².